The number of nitro groups is 1. The predicted molar refractivity (Wildman–Crippen MR) is 95.6 cm³/mol. The highest BCUT2D eigenvalue weighted by molar-refractivity contribution is 6.32. The minimum absolute atomic E-state index is 0.121. The van der Waals surface area contributed by atoms with E-state index in [2.05, 4.69) is 24.4 Å². The van der Waals surface area contributed by atoms with Crippen LogP contribution in [0.3, 0.4) is 0 Å². The van der Waals surface area contributed by atoms with Gasteiger partial charge in [-0.2, -0.15) is 0 Å². The van der Waals surface area contributed by atoms with Gasteiger partial charge in [0.15, 0.2) is 0 Å². The average molecular weight is 341 g/mol. The molecule has 0 unspecified atom stereocenters. The van der Waals surface area contributed by atoms with Crippen LogP contribution in [0, 0.1) is 23.0 Å². The van der Waals surface area contributed by atoms with Gasteiger partial charge in [0.2, 0.25) is 0 Å². The summed E-state index contributed by atoms with van der Waals surface area (Å²) in [4.78, 5) is 10.5. The Hall–Kier alpha value is -2.33. The molecular formula is C19H17ClN2O2. The van der Waals surface area contributed by atoms with E-state index in [1.165, 1.54) is 11.1 Å². The molecule has 1 heterocycles. The van der Waals surface area contributed by atoms with Crippen LogP contribution in [0.25, 0.3) is 0 Å². The summed E-state index contributed by atoms with van der Waals surface area (Å²) in [6.45, 7) is 2.08. The number of nitrogens with one attached hydrogen (secondary N) is 1. The monoisotopic (exact) mass is 340 g/mol. The molecule has 4 nitrogen and oxygen atoms in total. The maximum absolute atomic E-state index is 10.9. The van der Waals surface area contributed by atoms with Crippen molar-refractivity contribution in [3.05, 3.63) is 80.4 Å². The maximum atomic E-state index is 10.9. The zero-order valence-corrected chi connectivity index (χ0v) is 14.0. The molecule has 0 fully saturated rings. The second kappa shape index (κ2) is 5.64. The lowest BCUT2D eigenvalue weighted by molar-refractivity contribution is -0.384. The normalized spacial score (nSPS) is 24.2. The fourth-order valence-electron chi connectivity index (χ4n) is 3.94. The number of aryl methyl sites for hydroxylation is 1. The number of halogens is 1. The van der Waals surface area contributed by atoms with Gasteiger partial charge in [0.1, 0.15) is 0 Å². The summed E-state index contributed by atoms with van der Waals surface area (Å²) in [7, 11) is 0. The first-order valence-corrected chi connectivity index (χ1v) is 8.40. The summed E-state index contributed by atoms with van der Waals surface area (Å²) in [5.41, 5.74) is 4.63. The van der Waals surface area contributed by atoms with Crippen LogP contribution in [0.5, 0.6) is 0 Å². The first-order valence-electron chi connectivity index (χ1n) is 8.03. The number of fused-ring (bicyclic) bond motifs is 3. The van der Waals surface area contributed by atoms with Crippen molar-refractivity contribution in [1.82, 2.24) is 0 Å². The fourth-order valence-corrected chi connectivity index (χ4v) is 4.23. The van der Waals surface area contributed by atoms with E-state index in [4.69, 9.17) is 11.6 Å². The van der Waals surface area contributed by atoms with Crippen LogP contribution in [0.1, 0.15) is 35.1 Å². The standard InChI is InChI=1S/C19H17ClN2O2/c1-11-5-10-16(20)17-14-3-2-4-15(14)19(21-18(11)17)12-6-8-13(9-7-12)22(23)24/h2-3,5-10,14-15,19,21H,4H2,1H3/t14-,15+,19-/m1/s1. The zero-order chi connectivity index (χ0) is 16.8. The lowest BCUT2D eigenvalue weighted by atomic mass is 9.76. The molecule has 4 rings (SSSR count). The molecule has 2 aromatic rings. The highest BCUT2D eigenvalue weighted by Crippen LogP contribution is 2.52. The van der Waals surface area contributed by atoms with Crippen molar-refractivity contribution in [2.24, 2.45) is 5.92 Å². The van der Waals surface area contributed by atoms with Gasteiger partial charge in [0.25, 0.3) is 5.69 Å². The van der Waals surface area contributed by atoms with Gasteiger partial charge >= 0.3 is 0 Å². The molecule has 0 bridgehead atoms. The van der Waals surface area contributed by atoms with Crippen LogP contribution in [0.15, 0.2) is 48.6 Å². The van der Waals surface area contributed by atoms with E-state index >= 15 is 0 Å². The lowest BCUT2D eigenvalue weighted by Crippen LogP contribution is -2.29. The van der Waals surface area contributed by atoms with E-state index in [0.29, 0.717) is 5.92 Å². The van der Waals surface area contributed by atoms with Gasteiger partial charge in [-0.05, 0) is 36.5 Å². The lowest BCUT2D eigenvalue weighted by Gasteiger charge is -2.38. The van der Waals surface area contributed by atoms with Crippen LogP contribution in [-0.4, -0.2) is 4.92 Å². The molecule has 0 amide bonds. The van der Waals surface area contributed by atoms with Crippen molar-refractivity contribution in [3.63, 3.8) is 0 Å². The first kappa shape index (κ1) is 15.2. The molecule has 0 radical (unpaired) electrons. The second-order valence-corrected chi connectivity index (χ2v) is 6.88. The summed E-state index contributed by atoms with van der Waals surface area (Å²) < 4.78 is 0. The Labute approximate surface area is 145 Å². The Morgan fingerprint density at radius 2 is 1.96 bits per heavy atom. The van der Waals surface area contributed by atoms with Gasteiger partial charge in [-0.1, -0.05) is 42.0 Å². The molecule has 5 heteroatoms. The van der Waals surface area contributed by atoms with Crippen LogP contribution in [0.4, 0.5) is 11.4 Å². The molecule has 122 valence electrons. The van der Waals surface area contributed by atoms with E-state index in [-0.39, 0.29) is 22.6 Å². The largest absolute Gasteiger partial charge is 0.377 e. The van der Waals surface area contributed by atoms with Gasteiger partial charge in [0.05, 0.1) is 11.0 Å². The van der Waals surface area contributed by atoms with E-state index in [1.807, 2.05) is 24.3 Å². The Morgan fingerprint density at radius 1 is 1.21 bits per heavy atom. The van der Waals surface area contributed by atoms with E-state index in [0.717, 1.165) is 22.7 Å². The highest BCUT2D eigenvalue weighted by Gasteiger charge is 2.39. The predicted octanol–water partition coefficient (Wildman–Crippen LogP) is 5.38. The van der Waals surface area contributed by atoms with Gasteiger partial charge < -0.3 is 5.32 Å². The number of anilines is 1. The molecule has 1 aliphatic heterocycles. The third-order valence-electron chi connectivity index (χ3n) is 5.14. The highest BCUT2D eigenvalue weighted by atomic mass is 35.5. The molecule has 0 aromatic heterocycles. The quantitative estimate of drug-likeness (QED) is 0.453. The number of hydrogen-bond acceptors (Lipinski definition) is 3. The molecule has 0 spiro atoms. The van der Waals surface area contributed by atoms with E-state index in [1.54, 1.807) is 12.1 Å². The molecule has 0 saturated heterocycles. The minimum atomic E-state index is -0.364. The molecular weight excluding hydrogens is 324 g/mol. The van der Waals surface area contributed by atoms with Gasteiger partial charge in [0, 0.05) is 34.3 Å². The molecule has 0 saturated carbocycles. The van der Waals surface area contributed by atoms with Crippen molar-refractivity contribution in [2.45, 2.75) is 25.3 Å². The van der Waals surface area contributed by atoms with Crippen molar-refractivity contribution >= 4 is 23.0 Å². The second-order valence-electron chi connectivity index (χ2n) is 6.48. The number of allylic oxidation sites excluding steroid dienone is 2. The number of nitrogens with zero attached hydrogens (tertiary/aromatic N) is 1. The van der Waals surface area contributed by atoms with E-state index in [9.17, 15) is 10.1 Å². The van der Waals surface area contributed by atoms with Crippen molar-refractivity contribution < 1.29 is 4.92 Å². The van der Waals surface area contributed by atoms with Gasteiger partial charge in [-0.15, -0.1) is 0 Å². The van der Waals surface area contributed by atoms with Crippen molar-refractivity contribution in [2.75, 3.05) is 5.32 Å². The number of non-ortho nitro benzene ring substituents is 1. The summed E-state index contributed by atoms with van der Waals surface area (Å²) in [6.07, 6.45) is 5.43. The summed E-state index contributed by atoms with van der Waals surface area (Å²) in [6, 6.07) is 11.0. The smallest absolute Gasteiger partial charge is 0.269 e. The Morgan fingerprint density at radius 3 is 2.67 bits per heavy atom. The van der Waals surface area contributed by atoms with Gasteiger partial charge in [-0.25, -0.2) is 0 Å². The summed E-state index contributed by atoms with van der Waals surface area (Å²) in [5.74, 6) is 0.659. The average Bonchev–Trinajstić information content (AvgIpc) is 3.07. The number of rotatable bonds is 2. The maximum Gasteiger partial charge on any atom is 0.269 e. The molecule has 2 aromatic carbocycles. The first-order chi connectivity index (χ1) is 11.6. The van der Waals surface area contributed by atoms with Crippen molar-refractivity contribution in [1.29, 1.82) is 0 Å². The molecule has 1 N–H and O–H groups in total. The van der Waals surface area contributed by atoms with Crippen molar-refractivity contribution in [3.8, 4) is 0 Å². The molecule has 1 aliphatic carbocycles. The van der Waals surface area contributed by atoms with Crippen LogP contribution in [-0.2, 0) is 0 Å². The topological polar surface area (TPSA) is 55.2 Å². The van der Waals surface area contributed by atoms with Crippen LogP contribution >= 0.6 is 11.6 Å². The number of hydrogen-bond donors (Lipinski definition) is 1. The third kappa shape index (κ3) is 2.29. The third-order valence-corrected chi connectivity index (χ3v) is 5.47. The molecule has 2 aliphatic rings. The van der Waals surface area contributed by atoms with Crippen LogP contribution in [0.2, 0.25) is 5.02 Å². The molecule has 3 atom stereocenters. The summed E-state index contributed by atoms with van der Waals surface area (Å²) in [5, 5.41) is 15.3. The zero-order valence-electron chi connectivity index (χ0n) is 13.2. The fraction of sp³-hybridized carbons (Fsp3) is 0.263. The van der Waals surface area contributed by atoms with E-state index < -0.39 is 0 Å². The summed E-state index contributed by atoms with van der Waals surface area (Å²) >= 11 is 6.48. The Bertz CT molecular complexity index is 845. The van der Waals surface area contributed by atoms with Gasteiger partial charge in [-0.3, -0.25) is 10.1 Å². The minimum Gasteiger partial charge on any atom is -0.377 e. The number of nitro benzene ring substituents is 1. The SMILES string of the molecule is Cc1ccc(Cl)c2c1N[C@H](c1ccc([N+](=O)[O-])cc1)[C@H]1CC=C[C@@H]21. The number of benzene rings is 2. The molecule has 24 heavy (non-hydrogen) atoms. The van der Waals surface area contributed by atoms with Crippen LogP contribution < -0.4 is 5.32 Å². The Kier molecular flexibility index (Phi) is 3.57. The Balaban J connectivity index is 1.78.